The van der Waals surface area contributed by atoms with Gasteiger partial charge in [-0.25, -0.2) is 9.13 Å². The Morgan fingerprint density at radius 3 is 0.902 bits per heavy atom. The third-order valence-electron chi connectivity index (χ3n) is 15.4. The SMILES string of the molecule is CCC/C=C\C/C=C\CCCCCCCC(=O)OCC(COP(=O)(O)OCC(O)COP(=O)(O)OCC(COC(=O)CCCCCCC/C=C\CCCCCCCC)OC(=O)CCCCCCC/C=C\CCCC)OC(=O)CCCCCCC/C=C\CCCCCC. The monoisotopic (exact) mass is 1340 g/mol. The minimum absolute atomic E-state index is 0.0847. The standard InChI is InChI=1S/C73H132O17P2/c1-5-9-13-17-21-25-29-32-33-36-39-42-46-50-54-58-71(76)84-63-68(89-72(77)59-55-51-47-43-37-28-24-20-16-12-8-4)65-87-91(79,80)85-61-67(74)62-86-92(81,82)88-66-69(90-73(78)60-56-52-48-44-40-35-31-27-23-19-15-11-7-3)64-83-70(75)57-53-49-45-41-38-34-30-26-22-18-14-10-6-2/h14,18,20,24,26-27,30-33,67-69,74H,5-13,15-17,19,21-23,25,28-29,34-66H2,1-4H3,(H,79,80)(H,81,82)/b18-14-,24-20-,30-26-,31-27-,33-32-. The largest absolute Gasteiger partial charge is 0.472 e. The number of allylic oxidation sites excluding steroid dienone is 10. The van der Waals surface area contributed by atoms with Gasteiger partial charge in [-0.05, 0) is 122 Å². The highest BCUT2D eigenvalue weighted by molar-refractivity contribution is 7.47. The molecule has 0 aliphatic carbocycles. The van der Waals surface area contributed by atoms with Crippen molar-refractivity contribution in [2.75, 3.05) is 39.6 Å². The van der Waals surface area contributed by atoms with Gasteiger partial charge in [0.2, 0.25) is 0 Å². The summed E-state index contributed by atoms with van der Waals surface area (Å²) in [5.74, 6) is -2.20. The minimum Gasteiger partial charge on any atom is -0.462 e. The quantitative estimate of drug-likeness (QED) is 0.0169. The zero-order valence-corrected chi connectivity index (χ0v) is 60.0. The van der Waals surface area contributed by atoms with E-state index in [1.807, 2.05) is 0 Å². The molecule has 0 bridgehead atoms. The maximum absolute atomic E-state index is 13.0. The van der Waals surface area contributed by atoms with E-state index in [4.69, 9.17) is 37.0 Å². The van der Waals surface area contributed by atoms with Gasteiger partial charge in [-0.1, -0.05) is 236 Å². The number of aliphatic hydroxyl groups is 1. The molecule has 0 heterocycles. The van der Waals surface area contributed by atoms with E-state index < -0.39 is 97.5 Å². The van der Waals surface area contributed by atoms with Crippen molar-refractivity contribution < 1.29 is 80.2 Å². The van der Waals surface area contributed by atoms with Gasteiger partial charge in [-0.2, -0.15) is 0 Å². The maximum atomic E-state index is 13.0. The maximum Gasteiger partial charge on any atom is 0.472 e. The zero-order valence-electron chi connectivity index (χ0n) is 58.2. The van der Waals surface area contributed by atoms with E-state index in [1.165, 1.54) is 77.0 Å². The van der Waals surface area contributed by atoms with Gasteiger partial charge in [-0.15, -0.1) is 0 Å². The molecule has 536 valence electrons. The highest BCUT2D eigenvalue weighted by Crippen LogP contribution is 2.45. The van der Waals surface area contributed by atoms with Crippen molar-refractivity contribution in [2.45, 2.75) is 341 Å². The molecule has 0 saturated heterocycles. The average Bonchev–Trinajstić information content (AvgIpc) is 3.33. The van der Waals surface area contributed by atoms with Gasteiger partial charge < -0.3 is 33.8 Å². The van der Waals surface area contributed by atoms with E-state index >= 15 is 0 Å². The van der Waals surface area contributed by atoms with Crippen molar-refractivity contribution in [2.24, 2.45) is 0 Å². The summed E-state index contributed by atoms with van der Waals surface area (Å²) in [5, 5.41) is 10.6. The molecular weight excluding hydrogens is 1210 g/mol. The van der Waals surface area contributed by atoms with Gasteiger partial charge in [0, 0.05) is 25.7 Å². The van der Waals surface area contributed by atoms with Crippen LogP contribution in [0.3, 0.4) is 0 Å². The lowest BCUT2D eigenvalue weighted by Gasteiger charge is -2.21. The summed E-state index contributed by atoms with van der Waals surface area (Å²) in [4.78, 5) is 72.6. The molecule has 92 heavy (non-hydrogen) atoms. The Hall–Kier alpha value is -3.24. The van der Waals surface area contributed by atoms with Crippen molar-refractivity contribution >= 4 is 39.5 Å². The van der Waals surface area contributed by atoms with E-state index in [2.05, 4.69) is 88.5 Å². The Morgan fingerprint density at radius 1 is 0.304 bits per heavy atom. The van der Waals surface area contributed by atoms with Gasteiger partial charge in [0.05, 0.1) is 26.4 Å². The van der Waals surface area contributed by atoms with Crippen LogP contribution in [-0.2, 0) is 65.4 Å². The zero-order chi connectivity index (χ0) is 67.5. The normalized spacial score (nSPS) is 14.4. The molecule has 0 spiro atoms. The molecule has 0 aromatic carbocycles. The molecule has 5 atom stereocenters. The molecule has 0 aromatic heterocycles. The highest BCUT2D eigenvalue weighted by atomic mass is 31.2. The number of phosphoric ester groups is 2. The highest BCUT2D eigenvalue weighted by Gasteiger charge is 2.30. The van der Waals surface area contributed by atoms with Gasteiger partial charge in [-0.3, -0.25) is 37.3 Å². The van der Waals surface area contributed by atoms with Crippen LogP contribution in [0.2, 0.25) is 0 Å². The second-order valence-electron chi connectivity index (χ2n) is 24.5. The summed E-state index contributed by atoms with van der Waals surface area (Å²) in [7, 11) is -9.93. The number of aliphatic hydroxyl groups excluding tert-OH is 1. The molecule has 0 aromatic rings. The first-order valence-corrected chi connectivity index (χ1v) is 39.5. The number of hydrogen-bond donors (Lipinski definition) is 3. The third kappa shape index (κ3) is 65.4. The van der Waals surface area contributed by atoms with Crippen LogP contribution in [-0.4, -0.2) is 96.7 Å². The predicted octanol–water partition coefficient (Wildman–Crippen LogP) is 20.3. The van der Waals surface area contributed by atoms with Crippen LogP contribution in [0.25, 0.3) is 0 Å². The molecule has 0 aliphatic rings. The molecule has 3 N–H and O–H groups in total. The van der Waals surface area contributed by atoms with Crippen molar-refractivity contribution in [3.05, 3.63) is 60.8 Å². The van der Waals surface area contributed by atoms with Crippen LogP contribution in [0.1, 0.15) is 323 Å². The summed E-state index contributed by atoms with van der Waals surface area (Å²) in [6.45, 7) is 4.73. The Labute approximate surface area is 559 Å². The number of esters is 4. The van der Waals surface area contributed by atoms with Crippen LogP contribution >= 0.6 is 15.6 Å². The molecule has 5 unspecified atom stereocenters. The van der Waals surface area contributed by atoms with Gasteiger partial charge in [0.25, 0.3) is 0 Å². The third-order valence-corrected chi connectivity index (χ3v) is 17.3. The van der Waals surface area contributed by atoms with Crippen molar-refractivity contribution in [3.63, 3.8) is 0 Å². The van der Waals surface area contributed by atoms with Crippen LogP contribution in [0.15, 0.2) is 60.8 Å². The van der Waals surface area contributed by atoms with Gasteiger partial charge in [0.1, 0.15) is 19.3 Å². The minimum atomic E-state index is -4.97. The Bertz CT molecular complexity index is 1990. The van der Waals surface area contributed by atoms with Crippen LogP contribution in [0.4, 0.5) is 0 Å². The molecule has 19 heteroatoms. The first kappa shape index (κ1) is 88.8. The van der Waals surface area contributed by atoms with Crippen LogP contribution < -0.4 is 0 Å². The van der Waals surface area contributed by atoms with Crippen LogP contribution in [0.5, 0.6) is 0 Å². The average molecular weight is 1340 g/mol. The summed E-state index contributed by atoms with van der Waals surface area (Å²) in [6.07, 6.45) is 62.3. The van der Waals surface area contributed by atoms with Crippen molar-refractivity contribution in [1.82, 2.24) is 0 Å². The Balaban J connectivity index is 5.31. The molecule has 0 fully saturated rings. The van der Waals surface area contributed by atoms with Crippen LogP contribution in [0, 0.1) is 0 Å². The fourth-order valence-corrected chi connectivity index (χ4v) is 11.3. The number of unbranched alkanes of at least 4 members (excludes halogenated alkanes) is 33. The molecule has 0 amide bonds. The number of hydrogen-bond acceptors (Lipinski definition) is 15. The van der Waals surface area contributed by atoms with Crippen molar-refractivity contribution in [1.29, 1.82) is 0 Å². The summed E-state index contributed by atoms with van der Waals surface area (Å²) in [5.41, 5.74) is 0. The lowest BCUT2D eigenvalue weighted by Crippen LogP contribution is -2.30. The summed E-state index contributed by atoms with van der Waals surface area (Å²) < 4.78 is 68.2. The molecule has 17 nitrogen and oxygen atoms in total. The number of carbonyl (C=O) groups is 4. The molecule has 0 radical (unpaired) electrons. The number of rotatable bonds is 69. The van der Waals surface area contributed by atoms with E-state index in [0.717, 1.165) is 167 Å². The lowest BCUT2D eigenvalue weighted by molar-refractivity contribution is -0.161. The molecular formula is C73H132O17P2. The molecule has 0 saturated carbocycles. The second kappa shape index (κ2) is 66.4. The molecule has 0 rings (SSSR count). The van der Waals surface area contributed by atoms with E-state index in [0.29, 0.717) is 25.7 Å². The van der Waals surface area contributed by atoms with Gasteiger partial charge >= 0.3 is 39.5 Å². The summed E-state index contributed by atoms with van der Waals surface area (Å²) in [6, 6.07) is 0. The first-order chi connectivity index (χ1) is 44.7. The fraction of sp³-hybridized carbons (Fsp3) is 0.808. The first-order valence-electron chi connectivity index (χ1n) is 36.5. The smallest absolute Gasteiger partial charge is 0.462 e. The summed E-state index contributed by atoms with van der Waals surface area (Å²) >= 11 is 0. The van der Waals surface area contributed by atoms with E-state index in [-0.39, 0.29) is 25.7 Å². The van der Waals surface area contributed by atoms with E-state index in [1.54, 1.807) is 0 Å². The van der Waals surface area contributed by atoms with E-state index in [9.17, 15) is 43.2 Å². The number of ether oxygens (including phenoxy) is 4. The Morgan fingerprint density at radius 2 is 0.565 bits per heavy atom. The Kier molecular flexibility index (Phi) is 64.0. The molecule has 0 aliphatic heterocycles. The lowest BCUT2D eigenvalue weighted by atomic mass is 10.1. The number of phosphoric acid groups is 2. The predicted molar refractivity (Wildman–Crippen MR) is 372 cm³/mol. The topological polar surface area (TPSA) is 237 Å². The second-order valence-corrected chi connectivity index (χ2v) is 27.4. The van der Waals surface area contributed by atoms with Gasteiger partial charge in [0.15, 0.2) is 12.2 Å². The number of carbonyl (C=O) groups excluding carboxylic acids is 4. The van der Waals surface area contributed by atoms with Crippen molar-refractivity contribution in [3.8, 4) is 0 Å². The fourth-order valence-electron chi connectivity index (χ4n) is 9.76.